The Morgan fingerprint density at radius 2 is 0.902 bits per heavy atom. The number of unbranched alkanes of at least 4 members (excludes halogenated alkanes) is 18. The van der Waals surface area contributed by atoms with Crippen molar-refractivity contribution in [3.63, 3.8) is 0 Å². The second-order valence-electron chi connectivity index (χ2n) is 14.7. The predicted octanol–water partition coefficient (Wildman–Crippen LogP) is 14.3. The van der Waals surface area contributed by atoms with Gasteiger partial charge in [-0.15, -0.1) is 0 Å². The monoisotopic (exact) mass is 696 g/mol. The molecule has 0 amide bonds. The summed E-state index contributed by atoms with van der Waals surface area (Å²) < 4.78 is 6.37. The van der Waals surface area contributed by atoms with E-state index in [0.717, 1.165) is 36.4 Å². The number of nitrogens with zero attached hydrogens (tertiary/aromatic N) is 1. The molecule has 0 bridgehead atoms. The van der Waals surface area contributed by atoms with Crippen LogP contribution >= 0.6 is 0 Å². The zero-order chi connectivity index (χ0) is 36.2. The molecule has 0 radical (unpaired) electrons. The standard InChI is InChI=1S/C48H73NO2/c1-4-7-9-11-13-15-17-19-21-26-38-49(39-27-22-20-18-16-14-12-10-8-5-2)40-41-51-46-36-32-44(33-37-46)48(43-30-34-45(50)35-31-43)47(6-3)42-28-24-23-25-29-42/h23-25,28-37,50H,4-22,26-27,38-41H2,1-3H3/b48-47+. The summed E-state index contributed by atoms with van der Waals surface area (Å²) >= 11 is 0. The molecule has 0 aromatic heterocycles. The van der Waals surface area contributed by atoms with Gasteiger partial charge in [-0.05, 0) is 84.5 Å². The minimum Gasteiger partial charge on any atom is -0.508 e. The molecule has 3 heteroatoms. The van der Waals surface area contributed by atoms with Gasteiger partial charge in [0.1, 0.15) is 18.1 Å². The lowest BCUT2D eigenvalue weighted by Gasteiger charge is -2.22. The number of phenolic OH excluding ortho intramolecular Hbond substituents is 1. The second-order valence-corrected chi connectivity index (χ2v) is 14.7. The van der Waals surface area contributed by atoms with Gasteiger partial charge in [0.05, 0.1) is 0 Å². The molecule has 0 atom stereocenters. The Hall–Kier alpha value is -3.04. The maximum Gasteiger partial charge on any atom is 0.119 e. The van der Waals surface area contributed by atoms with Crippen LogP contribution in [0, 0.1) is 0 Å². The molecule has 0 unspecified atom stereocenters. The summed E-state index contributed by atoms with van der Waals surface area (Å²) in [6.45, 7) is 10.9. The number of allylic oxidation sites excluding steroid dienone is 1. The van der Waals surface area contributed by atoms with E-state index >= 15 is 0 Å². The van der Waals surface area contributed by atoms with Crippen LogP contribution in [0.15, 0.2) is 78.9 Å². The first-order valence-electron chi connectivity index (χ1n) is 21.2. The Morgan fingerprint density at radius 3 is 1.35 bits per heavy atom. The van der Waals surface area contributed by atoms with Crippen LogP contribution in [0.1, 0.15) is 172 Å². The first-order chi connectivity index (χ1) is 25.2. The molecular weight excluding hydrogens is 623 g/mol. The lowest BCUT2D eigenvalue weighted by molar-refractivity contribution is 0.202. The zero-order valence-electron chi connectivity index (χ0n) is 33.0. The molecule has 0 saturated heterocycles. The van der Waals surface area contributed by atoms with E-state index in [1.54, 1.807) is 12.1 Å². The van der Waals surface area contributed by atoms with Gasteiger partial charge in [0.15, 0.2) is 0 Å². The average molecular weight is 696 g/mol. The van der Waals surface area contributed by atoms with Crippen molar-refractivity contribution in [2.45, 2.75) is 156 Å². The molecule has 282 valence electrons. The molecule has 1 N–H and O–H groups in total. The van der Waals surface area contributed by atoms with Crippen LogP contribution in [0.4, 0.5) is 0 Å². The zero-order valence-corrected chi connectivity index (χ0v) is 33.0. The highest BCUT2D eigenvalue weighted by molar-refractivity contribution is 5.98. The fourth-order valence-corrected chi connectivity index (χ4v) is 7.30. The third-order valence-corrected chi connectivity index (χ3v) is 10.4. The van der Waals surface area contributed by atoms with E-state index in [4.69, 9.17) is 4.74 Å². The van der Waals surface area contributed by atoms with Crippen molar-refractivity contribution in [2.75, 3.05) is 26.2 Å². The summed E-state index contributed by atoms with van der Waals surface area (Å²) in [7, 11) is 0. The Morgan fingerprint density at radius 1 is 0.471 bits per heavy atom. The molecule has 0 saturated carbocycles. The van der Waals surface area contributed by atoms with E-state index in [-0.39, 0.29) is 5.75 Å². The minimum atomic E-state index is 0.287. The summed E-state index contributed by atoms with van der Waals surface area (Å²) in [5.74, 6) is 1.22. The quantitative estimate of drug-likeness (QED) is 0.0556. The van der Waals surface area contributed by atoms with Crippen molar-refractivity contribution in [2.24, 2.45) is 0 Å². The summed E-state index contributed by atoms with van der Waals surface area (Å²) in [6.07, 6.45) is 28.6. The predicted molar refractivity (Wildman–Crippen MR) is 223 cm³/mol. The molecule has 3 aromatic rings. The topological polar surface area (TPSA) is 32.7 Å². The van der Waals surface area contributed by atoms with Crippen molar-refractivity contribution < 1.29 is 9.84 Å². The van der Waals surface area contributed by atoms with Crippen LogP contribution in [-0.4, -0.2) is 36.2 Å². The van der Waals surface area contributed by atoms with Crippen LogP contribution in [0.2, 0.25) is 0 Å². The van der Waals surface area contributed by atoms with E-state index in [1.807, 2.05) is 12.1 Å². The van der Waals surface area contributed by atoms with Gasteiger partial charge in [-0.3, -0.25) is 4.90 Å². The number of phenols is 1. The molecule has 0 aliphatic heterocycles. The van der Waals surface area contributed by atoms with Gasteiger partial charge in [0.25, 0.3) is 0 Å². The fraction of sp³-hybridized carbons (Fsp3) is 0.583. The number of hydrogen-bond acceptors (Lipinski definition) is 3. The maximum atomic E-state index is 9.99. The Labute approximate surface area is 313 Å². The lowest BCUT2D eigenvalue weighted by Crippen LogP contribution is -2.30. The van der Waals surface area contributed by atoms with Gasteiger partial charge >= 0.3 is 0 Å². The summed E-state index contributed by atoms with van der Waals surface area (Å²) in [4.78, 5) is 2.67. The SMILES string of the molecule is CCCCCCCCCCCCN(CCCCCCCCCCCC)CCOc1ccc(/C(=C(\CC)c2ccccc2)c2ccc(O)cc2)cc1. The van der Waals surface area contributed by atoms with Gasteiger partial charge in [-0.25, -0.2) is 0 Å². The molecule has 0 heterocycles. The smallest absolute Gasteiger partial charge is 0.119 e. The van der Waals surface area contributed by atoms with Gasteiger partial charge in [-0.1, -0.05) is 191 Å². The third kappa shape index (κ3) is 17.8. The Kier molecular flexibility index (Phi) is 22.9. The van der Waals surface area contributed by atoms with Crippen molar-refractivity contribution in [1.82, 2.24) is 4.90 Å². The fourth-order valence-electron chi connectivity index (χ4n) is 7.30. The first kappa shape index (κ1) is 42.4. The van der Waals surface area contributed by atoms with Crippen LogP contribution in [0.25, 0.3) is 11.1 Å². The van der Waals surface area contributed by atoms with Gasteiger partial charge in [0, 0.05) is 6.54 Å². The number of hydrogen-bond donors (Lipinski definition) is 1. The third-order valence-electron chi connectivity index (χ3n) is 10.4. The summed E-state index contributed by atoms with van der Waals surface area (Å²) in [6, 6.07) is 26.9. The highest BCUT2D eigenvalue weighted by Gasteiger charge is 2.14. The largest absolute Gasteiger partial charge is 0.508 e. The van der Waals surface area contributed by atoms with Crippen LogP contribution < -0.4 is 4.74 Å². The molecule has 51 heavy (non-hydrogen) atoms. The molecular formula is C48H73NO2. The number of benzene rings is 3. The normalized spacial score (nSPS) is 12.0. The van der Waals surface area contributed by atoms with Crippen molar-refractivity contribution in [1.29, 1.82) is 0 Å². The van der Waals surface area contributed by atoms with E-state index in [2.05, 4.69) is 80.3 Å². The van der Waals surface area contributed by atoms with Crippen LogP contribution in [0.5, 0.6) is 11.5 Å². The first-order valence-corrected chi connectivity index (χ1v) is 21.2. The molecule has 3 rings (SSSR count). The molecule has 0 spiro atoms. The van der Waals surface area contributed by atoms with E-state index in [0.29, 0.717) is 0 Å². The highest BCUT2D eigenvalue weighted by Crippen LogP contribution is 2.35. The minimum absolute atomic E-state index is 0.287. The van der Waals surface area contributed by atoms with Crippen molar-refractivity contribution in [3.8, 4) is 11.5 Å². The van der Waals surface area contributed by atoms with Crippen molar-refractivity contribution in [3.05, 3.63) is 95.6 Å². The Bertz CT molecular complexity index is 1260. The molecule has 0 fully saturated rings. The lowest BCUT2D eigenvalue weighted by atomic mass is 9.88. The average Bonchev–Trinajstić information content (AvgIpc) is 3.16. The number of aromatic hydroxyl groups is 1. The summed E-state index contributed by atoms with van der Waals surface area (Å²) in [5.41, 5.74) is 6.00. The molecule has 3 aromatic carbocycles. The van der Waals surface area contributed by atoms with E-state index in [1.165, 1.54) is 158 Å². The number of ether oxygens (including phenoxy) is 1. The van der Waals surface area contributed by atoms with E-state index in [9.17, 15) is 5.11 Å². The van der Waals surface area contributed by atoms with Gasteiger partial charge in [-0.2, -0.15) is 0 Å². The van der Waals surface area contributed by atoms with Crippen molar-refractivity contribution >= 4 is 11.1 Å². The molecule has 0 aliphatic carbocycles. The van der Waals surface area contributed by atoms with E-state index < -0.39 is 0 Å². The highest BCUT2D eigenvalue weighted by atomic mass is 16.5. The van der Waals surface area contributed by atoms with Gasteiger partial charge < -0.3 is 9.84 Å². The summed E-state index contributed by atoms with van der Waals surface area (Å²) in [5, 5.41) is 9.99. The number of rotatable bonds is 30. The second kappa shape index (κ2) is 27.6. The van der Waals surface area contributed by atoms with Crippen LogP contribution in [-0.2, 0) is 0 Å². The Balaban J connectivity index is 1.53. The molecule has 0 aliphatic rings. The van der Waals surface area contributed by atoms with Gasteiger partial charge in [0.2, 0.25) is 0 Å². The maximum absolute atomic E-state index is 9.99. The molecule has 3 nitrogen and oxygen atoms in total. The van der Waals surface area contributed by atoms with Crippen LogP contribution in [0.3, 0.4) is 0 Å².